The summed E-state index contributed by atoms with van der Waals surface area (Å²) in [6, 6.07) is 1.88. The van der Waals surface area contributed by atoms with Crippen LogP contribution in [0.5, 0.6) is 0 Å². The Morgan fingerprint density at radius 2 is 2.44 bits per heavy atom. The zero-order chi connectivity index (χ0) is 13.2. The minimum absolute atomic E-state index is 0.0297. The van der Waals surface area contributed by atoms with E-state index in [1.165, 1.54) is 0 Å². The van der Waals surface area contributed by atoms with Gasteiger partial charge in [-0.1, -0.05) is 11.8 Å². The molecule has 0 aliphatic heterocycles. The van der Waals surface area contributed by atoms with Crippen molar-refractivity contribution >= 4 is 17.2 Å². The van der Waals surface area contributed by atoms with Gasteiger partial charge in [0.25, 0.3) is 0 Å². The Labute approximate surface area is 111 Å². The van der Waals surface area contributed by atoms with Gasteiger partial charge in [0.05, 0.1) is 13.2 Å². The van der Waals surface area contributed by atoms with E-state index in [4.69, 9.17) is 9.84 Å². The summed E-state index contributed by atoms with van der Waals surface area (Å²) in [5.74, 6) is 5.42. The third-order valence-electron chi connectivity index (χ3n) is 2.17. The fraction of sp³-hybridized carbons (Fsp3) is 0.462. The number of aliphatic hydroxyl groups is 1. The molecule has 0 aliphatic rings. The van der Waals surface area contributed by atoms with Gasteiger partial charge in [-0.15, -0.1) is 11.3 Å². The van der Waals surface area contributed by atoms with Gasteiger partial charge >= 0.3 is 0 Å². The second kappa shape index (κ2) is 8.70. The van der Waals surface area contributed by atoms with Crippen molar-refractivity contribution in [3.05, 3.63) is 21.9 Å². The standard InChI is InChI=1S/C13H17NO3S/c1-2-17-8-5-13(16)14-10-12-11(4-3-7-15)6-9-18-12/h6,9,15H,2,5,7-8,10H2,1H3,(H,14,16). The fourth-order valence-corrected chi connectivity index (χ4v) is 2.07. The summed E-state index contributed by atoms with van der Waals surface area (Å²) in [5, 5.41) is 13.4. The van der Waals surface area contributed by atoms with E-state index in [0.29, 0.717) is 26.2 Å². The molecule has 1 amide bonds. The van der Waals surface area contributed by atoms with Crippen LogP contribution in [-0.2, 0) is 16.1 Å². The molecule has 0 aliphatic carbocycles. The first-order valence-electron chi connectivity index (χ1n) is 5.78. The molecular weight excluding hydrogens is 250 g/mol. The van der Waals surface area contributed by atoms with E-state index in [2.05, 4.69) is 17.2 Å². The number of thiophene rings is 1. The molecule has 1 heterocycles. The Balaban J connectivity index is 2.39. The lowest BCUT2D eigenvalue weighted by atomic mass is 10.2. The van der Waals surface area contributed by atoms with Crippen molar-refractivity contribution in [2.75, 3.05) is 19.8 Å². The predicted molar refractivity (Wildman–Crippen MR) is 71.2 cm³/mol. The first kappa shape index (κ1) is 14.7. The van der Waals surface area contributed by atoms with Crippen LogP contribution in [0.15, 0.2) is 11.4 Å². The summed E-state index contributed by atoms with van der Waals surface area (Å²) in [7, 11) is 0. The van der Waals surface area contributed by atoms with Crippen molar-refractivity contribution in [2.24, 2.45) is 0 Å². The molecule has 0 aromatic carbocycles. The quantitative estimate of drug-likeness (QED) is 0.600. The number of rotatable bonds is 6. The number of ether oxygens (including phenoxy) is 1. The number of aliphatic hydroxyl groups excluding tert-OH is 1. The summed E-state index contributed by atoms with van der Waals surface area (Å²) in [5.41, 5.74) is 0.860. The second-order valence-corrected chi connectivity index (χ2v) is 4.44. The van der Waals surface area contributed by atoms with Crippen LogP contribution in [0, 0.1) is 11.8 Å². The van der Waals surface area contributed by atoms with E-state index in [-0.39, 0.29) is 12.5 Å². The van der Waals surface area contributed by atoms with Crippen molar-refractivity contribution in [1.82, 2.24) is 5.32 Å². The van der Waals surface area contributed by atoms with Gasteiger partial charge in [0, 0.05) is 23.5 Å². The topological polar surface area (TPSA) is 58.6 Å². The molecule has 1 aromatic rings. The minimum Gasteiger partial charge on any atom is -0.384 e. The van der Waals surface area contributed by atoms with Gasteiger partial charge < -0.3 is 15.2 Å². The number of hydrogen-bond acceptors (Lipinski definition) is 4. The van der Waals surface area contributed by atoms with E-state index in [1.54, 1.807) is 11.3 Å². The monoisotopic (exact) mass is 267 g/mol. The number of carbonyl (C=O) groups excluding carboxylic acids is 1. The smallest absolute Gasteiger partial charge is 0.222 e. The normalized spacial score (nSPS) is 9.67. The highest BCUT2D eigenvalue weighted by molar-refractivity contribution is 7.10. The second-order valence-electron chi connectivity index (χ2n) is 3.44. The van der Waals surface area contributed by atoms with Crippen LogP contribution in [0.4, 0.5) is 0 Å². The van der Waals surface area contributed by atoms with Gasteiger partial charge in [0.2, 0.25) is 5.91 Å². The zero-order valence-electron chi connectivity index (χ0n) is 10.4. The van der Waals surface area contributed by atoms with Gasteiger partial charge in [0.1, 0.15) is 6.61 Å². The lowest BCUT2D eigenvalue weighted by Gasteiger charge is -2.04. The molecule has 0 spiro atoms. The number of amides is 1. The maximum atomic E-state index is 11.5. The molecule has 1 aromatic heterocycles. The number of carbonyl (C=O) groups is 1. The molecule has 0 atom stereocenters. The van der Waals surface area contributed by atoms with Crippen molar-refractivity contribution in [1.29, 1.82) is 0 Å². The van der Waals surface area contributed by atoms with Crippen LogP contribution in [-0.4, -0.2) is 30.8 Å². The maximum Gasteiger partial charge on any atom is 0.222 e. The van der Waals surface area contributed by atoms with E-state index < -0.39 is 0 Å². The van der Waals surface area contributed by atoms with Crippen molar-refractivity contribution in [3.8, 4) is 11.8 Å². The molecule has 0 fully saturated rings. The van der Waals surface area contributed by atoms with Gasteiger partial charge in [-0.2, -0.15) is 0 Å². The molecule has 0 unspecified atom stereocenters. The van der Waals surface area contributed by atoms with Gasteiger partial charge in [-0.25, -0.2) is 0 Å². The predicted octanol–water partition coefficient (Wildman–Crippen LogP) is 1.13. The van der Waals surface area contributed by atoms with E-state index >= 15 is 0 Å². The lowest BCUT2D eigenvalue weighted by molar-refractivity contribution is -0.122. The summed E-state index contributed by atoms with van der Waals surface area (Å²) in [6.07, 6.45) is 0.372. The first-order valence-corrected chi connectivity index (χ1v) is 6.66. The SMILES string of the molecule is CCOCCC(=O)NCc1sccc1C#CCO. The summed E-state index contributed by atoms with van der Waals surface area (Å²) >= 11 is 1.54. The molecule has 0 saturated carbocycles. The van der Waals surface area contributed by atoms with Crippen LogP contribution in [0.2, 0.25) is 0 Å². The maximum absolute atomic E-state index is 11.5. The van der Waals surface area contributed by atoms with Crippen LogP contribution in [0.3, 0.4) is 0 Å². The van der Waals surface area contributed by atoms with Crippen LogP contribution < -0.4 is 5.32 Å². The Morgan fingerprint density at radius 1 is 1.61 bits per heavy atom. The van der Waals surface area contributed by atoms with Crippen LogP contribution in [0.25, 0.3) is 0 Å². The molecule has 18 heavy (non-hydrogen) atoms. The number of nitrogens with one attached hydrogen (secondary N) is 1. The summed E-state index contributed by atoms with van der Waals surface area (Å²) < 4.78 is 5.11. The molecular formula is C13H17NO3S. The average Bonchev–Trinajstić information content (AvgIpc) is 2.81. The highest BCUT2D eigenvalue weighted by Crippen LogP contribution is 2.15. The molecule has 98 valence electrons. The van der Waals surface area contributed by atoms with Crippen LogP contribution >= 0.6 is 11.3 Å². The molecule has 1 rings (SSSR count). The number of hydrogen-bond donors (Lipinski definition) is 2. The van der Waals surface area contributed by atoms with Crippen molar-refractivity contribution in [2.45, 2.75) is 19.9 Å². The molecule has 5 heteroatoms. The van der Waals surface area contributed by atoms with Gasteiger partial charge in [-0.05, 0) is 18.4 Å². The molecule has 4 nitrogen and oxygen atoms in total. The van der Waals surface area contributed by atoms with Crippen molar-refractivity contribution < 1.29 is 14.6 Å². The Kier molecular flexibility index (Phi) is 7.11. The summed E-state index contributed by atoms with van der Waals surface area (Å²) in [6.45, 7) is 3.28. The third kappa shape index (κ3) is 5.32. The highest BCUT2D eigenvalue weighted by atomic mass is 32.1. The minimum atomic E-state index is -0.157. The molecule has 0 saturated heterocycles. The summed E-state index contributed by atoms with van der Waals surface area (Å²) in [4.78, 5) is 12.5. The average molecular weight is 267 g/mol. The van der Waals surface area contributed by atoms with Gasteiger partial charge in [-0.3, -0.25) is 4.79 Å². The highest BCUT2D eigenvalue weighted by Gasteiger charge is 2.05. The molecule has 0 bridgehead atoms. The first-order chi connectivity index (χ1) is 8.77. The van der Waals surface area contributed by atoms with E-state index in [1.807, 2.05) is 18.4 Å². The molecule has 0 radical (unpaired) electrons. The van der Waals surface area contributed by atoms with Crippen molar-refractivity contribution in [3.63, 3.8) is 0 Å². The van der Waals surface area contributed by atoms with E-state index in [9.17, 15) is 4.79 Å². The van der Waals surface area contributed by atoms with E-state index in [0.717, 1.165) is 10.4 Å². The Bertz CT molecular complexity index is 431. The largest absolute Gasteiger partial charge is 0.384 e. The Morgan fingerprint density at radius 3 is 3.17 bits per heavy atom. The fourth-order valence-electron chi connectivity index (χ4n) is 1.30. The Hall–Kier alpha value is -1.35. The van der Waals surface area contributed by atoms with Crippen LogP contribution in [0.1, 0.15) is 23.8 Å². The van der Waals surface area contributed by atoms with Gasteiger partial charge in [0.15, 0.2) is 0 Å². The lowest BCUT2D eigenvalue weighted by Crippen LogP contribution is -2.23. The third-order valence-corrected chi connectivity index (χ3v) is 3.09. The molecule has 2 N–H and O–H groups in total. The zero-order valence-corrected chi connectivity index (χ0v) is 11.2.